The average molecular weight is 312 g/mol. The third-order valence-corrected chi connectivity index (χ3v) is 5.26. The first-order valence-corrected chi connectivity index (χ1v) is 7.54. The molecule has 0 saturated heterocycles. The number of carboxylic acids is 1. The molecule has 0 amide bonds. The number of carboxylic acid groups (broad SMARTS) is 1. The molecule has 9 nitrogen and oxygen atoms in total. The van der Waals surface area contributed by atoms with Gasteiger partial charge in [-0.2, -0.15) is 4.31 Å². The highest BCUT2D eigenvalue weighted by atomic mass is 32.2. The summed E-state index contributed by atoms with van der Waals surface area (Å²) in [5.41, 5.74) is 0. The Balaban J connectivity index is 1.96. The van der Waals surface area contributed by atoms with Gasteiger partial charge in [0.05, 0.1) is 6.54 Å². The monoisotopic (exact) mass is 312 g/mol. The van der Waals surface area contributed by atoms with E-state index < -0.39 is 21.8 Å². The first kappa shape index (κ1) is 13.8. The van der Waals surface area contributed by atoms with Crippen LogP contribution in [0.15, 0.2) is 21.7 Å². The minimum Gasteiger partial charge on any atom is -0.475 e. The summed E-state index contributed by atoms with van der Waals surface area (Å²) in [6, 6.07) is 1.03. The van der Waals surface area contributed by atoms with Crippen molar-refractivity contribution in [2.24, 2.45) is 0 Å². The fraction of sp³-hybridized carbons (Fsp3) is 0.364. The second-order valence-corrected chi connectivity index (χ2v) is 6.52. The zero-order chi connectivity index (χ0) is 15.2. The number of aromatic carboxylic acids is 1. The highest BCUT2D eigenvalue weighted by Crippen LogP contribution is 2.26. The van der Waals surface area contributed by atoms with E-state index in [1.165, 1.54) is 11.2 Å². The van der Waals surface area contributed by atoms with Crippen LogP contribution in [0.2, 0.25) is 0 Å². The lowest BCUT2D eigenvalue weighted by atomic mass is 10.4. The minimum atomic E-state index is -3.83. The van der Waals surface area contributed by atoms with Gasteiger partial charge in [-0.25, -0.2) is 13.2 Å². The van der Waals surface area contributed by atoms with Gasteiger partial charge in [0, 0.05) is 19.2 Å². The van der Waals surface area contributed by atoms with Crippen LogP contribution >= 0.6 is 0 Å². The van der Waals surface area contributed by atoms with Gasteiger partial charge >= 0.3 is 5.97 Å². The van der Waals surface area contributed by atoms with Crippen LogP contribution in [0.3, 0.4) is 0 Å². The Morgan fingerprint density at radius 1 is 1.43 bits per heavy atom. The number of fused-ring (bicyclic) bond motifs is 1. The third-order valence-electron chi connectivity index (χ3n) is 3.30. The van der Waals surface area contributed by atoms with E-state index >= 15 is 0 Å². The van der Waals surface area contributed by atoms with Gasteiger partial charge < -0.3 is 14.1 Å². The molecule has 3 heterocycles. The van der Waals surface area contributed by atoms with Crippen LogP contribution in [0, 0.1) is 6.92 Å². The van der Waals surface area contributed by atoms with Gasteiger partial charge in [-0.3, -0.25) is 0 Å². The van der Waals surface area contributed by atoms with Crippen LogP contribution in [-0.2, 0) is 23.1 Å². The Bertz CT molecular complexity index is 806. The second kappa shape index (κ2) is 4.67. The summed E-state index contributed by atoms with van der Waals surface area (Å²) >= 11 is 0. The topological polar surface area (TPSA) is 119 Å². The number of hydrogen-bond acceptors (Lipinski definition) is 6. The third kappa shape index (κ3) is 2.21. The van der Waals surface area contributed by atoms with Gasteiger partial charge in [0.2, 0.25) is 15.8 Å². The average Bonchev–Trinajstić information content (AvgIpc) is 3.03. The van der Waals surface area contributed by atoms with Gasteiger partial charge in [0.25, 0.3) is 0 Å². The summed E-state index contributed by atoms with van der Waals surface area (Å²) in [6.07, 6.45) is 1.55. The predicted molar refractivity (Wildman–Crippen MR) is 68.0 cm³/mol. The summed E-state index contributed by atoms with van der Waals surface area (Å²) < 4.78 is 33.2. The van der Waals surface area contributed by atoms with Crippen molar-refractivity contribution in [2.45, 2.75) is 24.9 Å². The number of carbonyl (C=O) groups is 1. The van der Waals surface area contributed by atoms with Crippen molar-refractivity contribution in [3.63, 3.8) is 0 Å². The van der Waals surface area contributed by atoms with Crippen LogP contribution in [0.1, 0.15) is 22.1 Å². The first-order chi connectivity index (χ1) is 9.89. The number of sulfonamides is 1. The summed E-state index contributed by atoms with van der Waals surface area (Å²) in [6.45, 7) is 2.23. The van der Waals surface area contributed by atoms with Gasteiger partial charge in [-0.05, 0) is 6.92 Å². The van der Waals surface area contributed by atoms with Crippen molar-refractivity contribution >= 4 is 16.0 Å². The molecule has 0 atom stereocenters. The van der Waals surface area contributed by atoms with Crippen LogP contribution in [0.4, 0.5) is 0 Å². The lowest BCUT2D eigenvalue weighted by Crippen LogP contribution is -2.38. The molecule has 0 unspecified atom stereocenters. The number of nitrogens with zero attached hydrogens (tertiary/aromatic N) is 4. The Morgan fingerprint density at radius 2 is 2.19 bits per heavy atom. The molecule has 1 aliphatic heterocycles. The molecular weight excluding hydrogens is 300 g/mol. The molecule has 0 bridgehead atoms. The Labute approximate surface area is 119 Å². The molecule has 21 heavy (non-hydrogen) atoms. The SMILES string of the molecule is Cc1oc(C(=O)O)cc1S(=O)(=O)N1CCn2cnnc2C1. The largest absolute Gasteiger partial charge is 0.475 e. The summed E-state index contributed by atoms with van der Waals surface area (Å²) in [5, 5.41) is 16.5. The molecule has 0 aliphatic carbocycles. The van der Waals surface area contributed by atoms with Crippen molar-refractivity contribution in [1.29, 1.82) is 0 Å². The number of aryl methyl sites for hydroxylation is 1. The van der Waals surface area contributed by atoms with Crippen molar-refractivity contribution in [1.82, 2.24) is 19.1 Å². The van der Waals surface area contributed by atoms with Crippen LogP contribution < -0.4 is 0 Å². The number of hydrogen-bond donors (Lipinski definition) is 1. The molecule has 0 fully saturated rings. The van der Waals surface area contributed by atoms with Gasteiger partial charge in [0.1, 0.15) is 22.8 Å². The predicted octanol–water partition coefficient (Wildman–Crippen LogP) is 0.0822. The highest BCUT2D eigenvalue weighted by Gasteiger charge is 2.33. The van der Waals surface area contributed by atoms with Crippen LogP contribution in [-0.4, -0.2) is 45.1 Å². The molecule has 1 N–H and O–H groups in total. The van der Waals surface area contributed by atoms with Crippen molar-refractivity contribution in [2.75, 3.05) is 6.54 Å². The normalized spacial score (nSPS) is 15.9. The van der Waals surface area contributed by atoms with Gasteiger partial charge in [-0.1, -0.05) is 0 Å². The number of aromatic nitrogens is 3. The van der Waals surface area contributed by atoms with E-state index in [9.17, 15) is 13.2 Å². The molecule has 0 spiro atoms. The van der Waals surface area contributed by atoms with Crippen LogP contribution in [0.25, 0.3) is 0 Å². The van der Waals surface area contributed by atoms with E-state index in [4.69, 9.17) is 9.52 Å². The molecule has 0 saturated carbocycles. The van der Waals surface area contributed by atoms with E-state index in [1.807, 2.05) is 0 Å². The van der Waals surface area contributed by atoms with Gasteiger partial charge in [-0.15, -0.1) is 10.2 Å². The smallest absolute Gasteiger partial charge is 0.371 e. The molecule has 0 aromatic carbocycles. The van der Waals surface area contributed by atoms with Crippen LogP contribution in [0.5, 0.6) is 0 Å². The second-order valence-electron chi connectivity index (χ2n) is 4.62. The Kier molecular flexibility index (Phi) is 3.06. The number of furan rings is 1. The fourth-order valence-electron chi connectivity index (χ4n) is 2.22. The molecule has 112 valence electrons. The molecule has 0 radical (unpaired) electrons. The van der Waals surface area contributed by atoms with E-state index in [-0.39, 0.29) is 23.7 Å². The van der Waals surface area contributed by atoms with Crippen molar-refractivity contribution in [3.8, 4) is 0 Å². The maximum absolute atomic E-state index is 12.6. The standard InChI is InChI=1S/C11H12N4O5S/c1-7-9(4-8(20-7)11(16)17)21(18,19)15-3-2-14-6-12-13-10(14)5-15/h4,6H,2-3,5H2,1H3,(H,16,17). The zero-order valence-electron chi connectivity index (χ0n) is 11.1. The Morgan fingerprint density at radius 3 is 2.86 bits per heavy atom. The van der Waals surface area contributed by atoms with Crippen molar-refractivity contribution in [3.05, 3.63) is 29.7 Å². The molecule has 1 aliphatic rings. The minimum absolute atomic E-state index is 0.0550. The fourth-order valence-corrected chi connectivity index (χ4v) is 3.76. The molecular formula is C11H12N4O5S. The summed E-state index contributed by atoms with van der Waals surface area (Å²) in [4.78, 5) is 10.7. The van der Waals surface area contributed by atoms with Crippen molar-refractivity contribution < 1.29 is 22.7 Å². The summed E-state index contributed by atoms with van der Waals surface area (Å²) in [7, 11) is -3.83. The first-order valence-electron chi connectivity index (χ1n) is 6.10. The number of rotatable bonds is 3. The van der Waals surface area contributed by atoms with E-state index in [0.717, 1.165) is 6.07 Å². The maximum atomic E-state index is 12.6. The van der Waals surface area contributed by atoms with E-state index in [2.05, 4.69) is 10.2 Å². The molecule has 10 heteroatoms. The quantitative estimate of drug-likeness (QED) is 0.852. The van der Waals surface area contributed by atoms with E-state index in [1.54, 1.807) is 10.9 Å². The molecule has 2 aromatic rings. The van der Waals surface area contributed by atoms with E-state index in [0.29, 0.717) is 12.4 Å². The Hall–Kier alpha value is -2.20. The lowest BCUT2D eigenvalue weighted by molar-refractivity contribution is 0.0661. The maximum Gasteiger partial charge on any atom is 0.371 e. The molecule has 3 rings (SSSR count). The molecule has 2 aromatic heterocycles. The highest BCUT2D eigenvalue weighted by molar-refractivity contribution is 7.89. The lowest BCUT2D eigenvalue weighted by Gasteiger charge is -2.25. The van der Waals surface area contributed by atoms with Gasteiger partial charge in [0.15, 0.2) is 0 Å². The zero-order valence-corrected chi connectivity index (χ0v) is 11.9. The summed E-state index contributed by atoms with van der Waals surface area (Å²) in [5.74, 6) is -1.10.